The molecule has 28 heavy (non-hydrogen) atoms. The van der Waals surface area contributed by atoms with E-state index in [-0.39, 0.29) is 17.3 Å². The number of amides is 1. The Morgan fingerprint density at radius 2 is 1.71 bits per heavy atom. The van der Waals surface area contributed by atoms with Gasteiger partial charge in [0.15, 0.2) is 11.5 Å². The van der Waals surface area contributed by atoms with Gasteiger partial charge < -0.3 is 14.8 Å². The largest absolute Gasteiger partial charge is 0.493 e. The number of rotatable bonds is 5. The molecule has 1 aliphatic heterocycles. The molecule has 7 nitrogen and oxygen atoms in total. The molecule has 1 aliphatic rings. The molecule has 2 aromatic carbocycles. The van der Waals surface area contributed by atoms with E-state index in [1.807, 2.05) is 12.1 Å². The first-order valence-electron chi connectivity index (χ1n) is 8.88. The van der Waals surface area contributed by atoms with Crippen molar-refractivity contribution in [2.75, 3.05) is 26.1 Å². The Labute approximate surface area is 165 Å². The van der Waals surface area contributed by atoms with Gasteiger partial charge in [0, 0.05) is 25.7 Å². The lowest BCUT2D eigenvalue weighted by atomic mass is 10.0. The van der Waals surface area contributed by atoms with Gasteiger partial charge in [0.2, 0.25) is 15.9 Å². The lowest BCUT2D eigenvalue weighted by Gasteiger charge is -2.29. The Hall–Kier alpha value is -2.58. The van der Waals surface area contributed by atoms with Crippen LogP contribution in [-0.4, -0.2) is 39.4 Å². The van der Waals surface area contributed by atoms with Gasteiger partial charge in [-0.25, -0.2) is 8.42 Å². The second kappa shape index (κ2) is 7.81. The fourth-order valence-corrected chi connectivity index (χ4v) is 5.03. The first-order valence-corrected chi connectivity index (χ1v) is 10.3. The Bertz CT molecular complexity index is 1020. The zero-order valence-corrected chi connectivity index (χ0v) is 17.2. The molecule has 0 aromatic heterocycles. The van der Waals surface area contributed by atoms with Gasteiger partial charge in [-0.3, -0.25) is 4.79 Å². The summed E-state index contributed by atoms with van der Waals surface area (Å²) in [6.07, 6.45) is 0.583. The summed E-state index contributed by atoms with van der Waals surface area (Å²) in [6, 6.07) is 8.63. The van der Waals surface area contributed by atoms with E-state index in [0.717, 1.165) is 11.1 Å². The molecule has 1 heterocycles. The maximum absolute atomic E-state index is 13.3. The van der Waals surface area contributed by atoms with Gasteiger partial charge in [-0.05, 0) is 54.3 Å². The summed E-state index contributed by atoms with van der Waals surface area (Å²) in [6.45, 7) is 3.75. The van der Waals surface area contributed by atoms with E-state index in [1.165, 1.54) is 17.3 Å². The number of benzene rings is 2. The van der Waals surface area contributed by atoms with Gasteiger partial charge in [0.1, 0.15) is 0 Å². The summed E-state index contributed by atoms with van der Waals surface area (Å²) >= 11 is 0. The van der Waals surface area contributed by atoms with E-state index in [2.05, 4.69) is 5.32 Å². The number of ether oxygens (including phenoxy) is 2. The highest BCUT2D eigenvalue weighted by atomic mass is 32.2. The molecule has 0 atom stereocenters. The van der Waals surface area contributed by atoms with Crippen LogP contribution < -0.4 is 14.8 Å². The molecule has 0 fully saturated rings. The Kier molecular flexibility index (Phi) is 5.62. The average molecular weight is 404 g/mol. The van der Waals surface area contributed by atoms with Crippen molar-refractivity contribution in [3.63, 3.8) is 0 Å². The molecule has 1 amide bonds. The number of fused-ring (bicyclic) bond motifs is 1. The summed E-state index contributed by atoms with van der Waals surface area (Å²) < 4.78 is 38.7. The van der Waals surface area contributed by atoms with Crippen LogP contribution in [0.25, 0.3) is 0 Å². The first-order chi connectivity index (χ1) is 13.3. The minimum atomic E-state index is -3.72. The molecule has 150 valence electrons. The van der Waals surface area contributed by atoms with E-state index in [1.54, 1.807) is 33.3 Å². The van der Waals surface area contributed by atoms with Crippen LogP contribution in [0.5, 0.6) is 11.5 Å². The van der Waals surface area contributed by atoms with Gasteiger partial charge in [-0.2, -0.15) is 4.31 Å². The van der Waals surface area contributed by atoms with Gasteiger partial charge in [0.25, 0.3) is 0 Å². The van der Waals surface area contributed by atoms with Crippen LogP contribution in [0.1, 0.15) is 23.6 Å². The number of anilines is 1. The predicted molar refractivity (Wildman–Crippen MR) is 106 cm³/mol. The van der Waals surface area contributed by atoms with Crippen molar-refractivity contribution in [2.24, 2.45) is 0 Å². The van der Waals surface area contributed by atoms with E-state index in [4.69, 9.17) is 9.47 Å². The quantitative estimate of drug-likeness (QED) is 0.828. The highest BCUT2D eigenvalue weighted by Gasteiger charge is 2.30. The number of carbonyl (C=O) groups excluding carboxylic acids is 1. The molecule has 3 rings (SSSR count). The monoisotopic (exact) mass is 404 g/mol. The van der Waals surface area contributed by atoms with Crippen molar-refractivity contribution in [2.45, 2.75) is 31.7 Å². The SMILES string of the molecule is COc1cc2c(cc1OC)CN(S(=O)(=O)c1cc(NC(C)=O)ccc1C)CC2. The summed E-state index contributed by atoms with van der Waals surface area (Å²) in [5.74, 6) is 0.959. The maximum atomic E-state index is 13.3. The minimum absolute atomic E-state index is 0.197. The molecule has 1 N–H and O–H groups in total. The fourth-order valence-electron chi connectivity index (χ4n) is 3.36. The molecule has 0 aliphatic carbocycles. The zero-order valence-electron chi connectivity index (χ0n) is 16.4. The van der Waals surface area contributed by atoms with Gasteiger partial charge in [0.05, 0.1) is 19.1 Å². The Balaban J connectivity index is 1.95. The topological polar surface area (TPSA) is 84.9 Å². The predicted octanol–water partition coefficient (Wildman–Crippen LogP) is 2.72. The minimum Gasteiger partial charge on any atom is -0.493 e. The number of hydrogen-bond donors (Lipinski definition) is 1. The maximum Gasteiger partial charge on any atom is 0.243 e. The number of sulfonamides is 1. The van der Waals surface area contributed by atoms with Crippen molar-refractivity contribution in [1.82, 2.24) is 4.31 Å². The molecular weight excluding hydrogens is 380 g/mol. The van der Waals surface area contributed by atoms with E-state index in [0.29, 0.717) is 35.7 Å². The molecular formula is C20H24N2O5S. The third kappa shape index (κ3) is 3.83. The fraction of sp³-hybridized carbons (Fsp3) is 0.350. The number of methoxy groups -OCH3 is 2. The standard InChI is InChI=1S/C20H24N2O5S/c1-13-5-6-17(21-14(2)23)11-20(13)28(24,25)22-8-7-15-9-18(26-3)19(27-4)10-16(15)12-22/h5-6,9-11H,7-8,12H2,1-4H3,(H,21,23). The third-order valence-corrected chi connectivity index (χ3v) is 6.80. The third-order valence-electron chi connectivity index (χ3n) is 4.81. The summed E-state index contributed by atoms with van der Waals surface area (Å²) in [7, 11) is -0.587. The van der Waals surface area contributed by atoms with Crippen molar-refractivity contribution < 1.29 is 22.7 Å². The van der Waals surface area contributed by atoms with Crippen LogP contribution in [0.2, 0.25) is 0 Å². The number of carbonyl (C=O) groups is 1. The second-order valence-corrected chi connectivity index (χ2v) is 8.63. The smallest absolute Gasteiger partial charge is 0.243 e. The number of nitrogens with zero attached hydrogens (tertiary/aromatic N) is 1. The lowest BCUT2D eigenvalue weighted by molar-refractivity contribution is -0.114. The van der Waals surface area contributed by atoms with Crippen molar-refractivity contribution in [3.8, 4) is 11.5 Å². The molecule has 0 bridgehead atoms. The van der Waals surface area contributed by atoms with Crippen LogP contribution in [0.4, 0.5) is 5.69 Å². The normalized spacial score (nSPS) is 14.3. The zero-order chi connectivity index (χ0) is 20.5. The molecule has 8 heteroatoms. The van der Waals surface area contributed by atoms with Crippen LogP contribution in [-0.2, 0) is 27.8 Å². The molecule has 0 saturated carbocycles. The highest BCUT2D eigenvalue weighted by Crippen LogP contribution is 2.35. The Morgan fingerprint density at radius 3 is 2.32 bits per heavy atom. The average Bonchev–Trinajstić information content (AvgIpc) is 2.67. The van der Waals surface area contributed by atoms with Crippen molar-refractivity contribution in [1.29, 1.82) is 0 Å². The van der Waals surface area contributed by atoms with Crippen LogP contribution in [0.15, 0.2) is 35.2 Å². The molecule has 0 radical (unpaired) electrons. The molecule has 2 aromatic rings. The van der Waals surface area contributed by atoms with Crippen LogP contribution >= 0.6 is 0 Å². The molecule has 0 unspecified atom stereocenters. The summed E-state index contributed by atoms with van der Waals surface area (Å²) in [5, 5.41) is 2.64. The van der Waals surface area contributed by atoms with Crippen molar-refractivity contribution >= 4 is 21.6 Å². The lowest BCUT2D eigenvalue weighted by Crippen LogP contribution is -2.36. The van der Waals surface area contributed by atoms with Gasteiger partial charge in [-0.15, -0.1) is 0 Å². The first kappa shape index (κ1) is 20.2. The molecule has 0 spiro atoms. The Morgan fingerprint density at radius 1 is 1.07 bits per heavy atom. The second-order valence-electron chi connectivity index (χ2n) is 6.73. The van der Waals surface area contributed by atoms with Gasteiger partial charge in [-0.1, -0.05) is 6.07 Å². The molecule has 0 saturated heterocycles. The summed E-state index contributed by atoms with van der Waals surface area (Å²) in [4.78, 5) is 11.5. The number of nitrogens with one attached hydrogen (secondary N) is 1. The highest BCUT2D eigenvalue weighted by molar-refractivity contribution is 7.89. The van der Waals surface area contributed by atoms with E-state index >= 15 is 0 Å². The summed E-state index contributed by atoms with van der Waals surface area (Å²) in [5.41, 5.74) is 3.03. The van der Waals surface area contributed by atoms with Crippen LogP contribution in [0, 0.1) is 6.92 Å². The van der Waals surface area contributed by atoms with Crippen molar-refractivity contribution in [3.05, 3.63) is 47.0 Å². The van der Waals surface area contributed by atoms with Crippen LogP contribution in [0.3, 0.4) is 0 Å². The van der Waals surface area contributed by atoms with E-state index < -0.39 is 10.0 Å². The number of hydrogen-bond acceptors (Lipinski definition) is 5. The van der Waals surface area contributed by atoms with E-state index in [9.17, 15) is 13.2 Å². The van der Waals surface area contributed by atoms with Gasteiger partial charge >= 0.3 is 0 Å². The number of aryl methyl sites for hydroxylation is 1.